The summed E-state index contributed by atoms with van der Waals surface area (Å²) in [6.45, 7) is 1.15. The Kier molecular flexibility index (Phi) is 2.76. The van der Waals surface area contributed by atoms with E-state index in [0.29, 0.717) is 4.68 Å². The fourth-order valence-electron chi connectivity index (χ4n) is 2.20. The van der Waals surface area contributed by atoms with Gasteiger partial charge in [-0.1, -0.05) is 24.3 Å². The van der Waals surface area contributed by atoms with E-state index in [9.17, 15) is 19.5 Å². The first-order valence-electron chi connectivity index (χ1n) is 6.16. The monoisotopic (exact) mass is 285 g/mol. The molecule has 2 aromatic carbocycles. The highest BCUT2D eigenvalue weighted by Crippen LogP contribution is 2.26. The van der Waals surface area contributed by atoms with Crippen molar-refractivity contribution < 1.29 is 9.90 Å². The van der Waals surface area contributed by atoms with Crippen LogP contribution in [0.1, 0.15) is 11.7 Å². The molecule has 0 fully saturated rings. The van der Waals surface area contributed by atoms with E-state index in [-0.39, 0.29) is 11.4 Å². The lowest BCUT2D eigenvalue weighted by molar-refractivity contribution is 0.0916. The number of phenols is 1. The summed E-state index contributed by atoms with van der Waals surface area (Å²) < 4.78 is 1.32. The van der Waals surface area contributed by atoms with E-state index < -0.39 is 17.3 Å². The zero-order valence-corrected chi connectivity index (χ0v) is 11.0. The number of aromatic hydroxyl groups is 1. The van der Waals surface area contributed by atoms with E-state index in [0.717, 1.165) is 22.3 Å². The Morgan fingerprint density at radius 3 is 2.33 bits per heavy atom. The first-order valence-corrected chi connectivity index (χ1v) is 6.16. The van der Waals surface area contributed by atoms with Crippen LogP contribution in [-0.4, -0.2) is 25.4 Å². The lowest BCUT2D eigenvalue weighted by Crippen LogP contribution is -2.29. The average Bonchev–Trinajstić information content (AvgIpc) is 2.74. The number of nitrogens with one attached hydrogen (secondary N) is 1. The highest BCUT2D eigenvalue weighted by atomic mass is 16.3. The molecule has 7 heteroatoms. The van der Waals surface area contributed by atoms with E-state index >= 15 is 0 Å². The Labute approximate surface area is 117 Å². The predicted octanol–water partition coefficient (Wildman–Crippen LogP) is 0.846. The molecule has 0 bridgehead atoms. The second-order valence-electron chi connectivity index (χ2n) is 4.58. The molecule has 0 saturated heterocycles. The van der Waals surface area contributed by atoms with Crippen LogP contribution in [0, 0.1) is 0 Å². The van der Waals surface area contributed by atoms with E-state index in [4.69, 9.17) is 0 Å². The Bertz CT molecular complexity index is 978. The van der Waals surface area contributed by atoms with Gasteiger partial charge in [-0.25, -0.2) is 19.3 Å². The minimum Gasteiger partial charge on any atom is -0.506 e. The van der Waals surface area contributed by atoms with Crippen LogP contribution in [0.5, 0.6) is 5.75 Å². The number of fused-ring (bicyclic) bond motifs is 1. The lowest BCUT2D eigenvalue weighted by atomic mass is 10.1. The Hall–Kier alpha value is -3.09. The second kappa shape index (κ2) is 4.48. The van der Waals surface area contributed by atoms with Gasteiger partial charge in [0.2, 0.25) is 5.91 Å². The second-order valence-corrected chi connectivity index (χ2v) is 4.58. The van der Waals surface area contributed by atoms with E-state index in [1.807, 2.05) is 6.07 Å². The fraction of sp³-hybridized carbons (Fsp3) is 0.0714. The molecule has 2 N–H and O–H groups in total. The van der Waals surface area contributed by atoms with Gasteiger partial charge in [0.25, 0.3) is 0 Å². The maximum absolute atomic E-state index is 12.1. The summed E-state index contributed by atoms with van der Waals surface area (Å²) in [4.78, 5) is 35.2. The molecule has 3 rings (SSSR count). The van der Waals surface area contributed by atoms with Gasteiger partial charge >= 0.3 is 11.4 Å². The van der Waals surface area contributed by atoms with E-state index in [1.165, 1.54) is 12.1 Å². The molecule has 1 aromatic heterocycles. The minimum atomic E-state index is -0.849. The third kappa shape index (κ3) is 1.95. The summed E-state index contributed by atoms with van der Waals surface area (Å²) in [7, 11) is 0. The maximum atomic E-state index is 12.1. The standard InChI is InChI=1S/C14H11N3O4/c1-8(18)17-14(21)16(13(20)15-17)11-6-9-4-2-3-5-10(9)7-12(11)19/h2-7,19H,1H3,(H,15,20). The van der Waals surface area contributed by atoms with Crippen molar-refractivity contribution in [1.29, 1.82) is 0 Å². The molecule has 0 aliphatic rings. The van der Waals surface area contributed by atoms with E-state index in [2.05, 4.69) is 5.10 Å². The summed E-state index contributed by atoms with van der Waals surface area (Å²) >= 11 is 0. The van der Waals surface area contributed by atoms with Gasteiger partial charge < -0.3 is 5.11 Å². The molecule has 3 aromatic rings. The Morgan fingerprint density at radius 2 is 1.76 bits per heavy atom. The van der Waals surface area contributed by atoms with Gasteiger partial charge in [-0.2, -0.15) is 4.68 Å². The molecule has 7 nitrogen and oxygen atoms in total. The molecule has 0 aliphatic heterocycles. The number of carbonyl (C=O) groups is 1. The summed E-state index contributed by atoms with van der Waals surface area (Å²) in [5.41, 5.74) is -1.61. The van der Waals surface area contributed by atoms with Crippen molar-refractivity contribution in [2.24, 2.45) is 0 Å². The third-order valence-corrected chi connectivity index (χ3v) is 3.19. The van der Waals surface area contributed by atoms with Gasteiger partial charge in [-0.15, -0.1) is 0 Å². The normalized spacial score (nSPS) is 10.9. The van der Waals surface area contributed by atoms with Crippen molar-refractivity contribution in [1.82, 2.24) is 14.3 Å². The average molecular weight is 285 g/mol. The molecule has 106 valence electrons. The third-order valence-electron chi connectivity index (χ3n) is 3.19. The first-order chi connectivity index (χ1) is 9.99. The molecule has 0 aliphatic carbocycles. The number of H-pyrrole nitrogens is 1. The molecule has 0 atom stereocenters. The Balaban J connectivity index is 2.36. The molecule has 1 heterocycles. The molecular formula is C14H11N3O4. The van der Waals surface area contributed by atoms with Crippen molar-refractivity contribution in [3.05, 3.63) is 57.4 Å². The molecule has 0 unspecified atom stereocenters. The number of phenolic OH excluding ortho intramolecular Hbond substituents is 1. The highest BCUT2D eigenvalue weighted by Gasteiger charge is 2.16. The van der Waals surface area contributed by atoms with Crippen LogP contribution < -0.4 is 11.4 Å². The minimum absolute atomic E-state index is 0.0277. The molecule has 0 spiro atoms. The van der Waals surface area contributed by atoms with Crippen LogP contribution in [-0.2, 0) is 0 Å². The number of aromatic nitrogens is 3. The van der Waals surface area contributed by atoms with Crippen LogP contribution >= 0.6 is 0 Å². The summed E-state index contributed by atoms with van der Waals surface area (Å²) in [5.74, 6) is -0.835. The van der Waals surface area contributed by atoms with Gasteiger partial charge in [0.1, 0.15) is 5.75 Å². The number of nitrogens with zero attached hydrogens (tertiary/aromatic N) is 2. The van der Waals surface area contributed by atoms with Gasteiger partial charge in [-0.3, -0.25) is 4.79 Å². The van der Waals surface area contributed by atoms with Gasteiger partial charge in [0, 0.05) is 6.92 Å². The van der Waals surface area contributed by atoms with Crippen LogP contribution in [0.25, 0.3) is 16.5 Å². The quantitative estimate of drug-likeness (QED) is 0.692. The largest absolute Gasteiger partial charge is 0.506 e. The van der Waals surface area contributed by atoms with Gasteiger partial charge in [-0.05, 0) is 22.9 Å². The van der Waals surface area contributed by atoms with Crippen LogP contribution in [0.4, 0.5) is 0 Å². The van der Waals surface area contributed by atoms with Gasteiger partial charge in [0.15, 0.2) is 0 Å². The Morgan fingerprint density at radius 1 is 1.14 bits per heavy atom. The van der Waals surface area contributed by atoms with Crippen molar-refractivity contribution in [2.45, 2.75) is 6.92 Å². The van der Waals surface area contributed by atoms with Crippen LogP contribution in [0.2, 0.25) is 0 Å². The molecule has 0 saturated carbocycles. The summed E-state index contributed by atoms with van der Waals surface area (Å²) in [6.07, 6.45) is 0. The number of carbonyl (C=O) groups excluding carboxylic acids is 1. The molecule has 0 radical (unpaired) electrons. The highest BCUT2D eigenvalue weighted by molar-refractivity contribution is 5.86. The molecule has 0 amide bonds. The maximum Gasteiger partial charge on any atom is 0.359 e. The van der Waals surface area contributed by atoms with Crippen LogP contribution in [0.3, 0.4) is 0 Å². The van der Waals surface area contributed by atoms with Crippen LogP contribution in [0.15, 0.2) is 46.0 Å². The molecular weight excluding hydrogens is 274 g/mol. The number of aromatic amines is 1. The molecule has 21 heavy (non-hydrogen) atoms. The number of rotatable bonds is 1. The van der Waals surface area contributed by atoms with Crippen molar-refractivity contribution in [2.75, 3.05) is 0 Å². The number of hydrogen-bond acceptors (Lipinski definition) is 4. The summed E-state index contributed by atoms with van der Waals surface area (Å²) in [6, 6.07) is 10.2. The SMILES string of the molecule is CC(=O)n1[nH]c(=O)n(-c2cc3ccccc3cc2O)c1=O. The fourth-order valence-corrected chi connectivity index (χ4v) is 2.20. The number of benzene rings is 2. The zero-order valence-electron chi connectivity index (χ0n) is 11.0. The van der Waals surface area contributed by atoms with E-state index in [1.54, 1.807) is 18.2 Å². The smallest absolute Gasteiger partial charge is 0.359 e. The van der Waals surface area contributed by atoms with Crippen molar-refractivity contribution in [3.63, 3.8) is 0 Å². The van der Waals surface area contributed by atoms with Gasteiger partial charge in [0.05, 0.1) is 5.69 Å². The number of hydrogen-bond donors (Lipinski definition) is 2. The van der Waals surface area contributed by atoms with Crippen molar-refractivity contribution >= 4 is 16.7 Å². The predicted molar refractivity (Wildman–Crippen MR) is 76.1 cm³/mol. The summed E-state index contributed by atoms with van der Waals surface area (Å²) in [5, 5.41) is 13.7. The topological polar surface area (TPSA) is 97.1 Å². The van der Waals surface area contributed by atoms with Crippen molar-refractivity contribution in [3.8, 4) is 11.4 Å². The zero-order chi connectivity index (χ0) is 15.1. The first kappa shape index (κ1) is 12.9. The lowest BCUT2D eigenvalue weighted by Gasteiger charge is -2.05.